The first kappa shape index (κ1) is 12.4. The van der Waals surface area contributed by atoms with Crippen molar-refractivity contribution in [1.82, 2.24) is 5.32 Å². The van der Waals surface area contributed by atoms with E-state index in [9.17, 15) is 0 Å². The number of hydrogen-bond acceptors (Lipinski definition) is 2. The topological polar surface area (TPSA) is 21.3 Å². The van der Waals surface area contributed by atoms with Gasteiger partial charge in [-0.15, -0.1) is 0 Å². The van der Waals surface area contributed by atoms with Crippen LogP contribution < -0.4 is 10.1 Å². The summed E-state index contributed by atoms with van der Waals surface area (Å²) in [5.74, 6) is 0.960. The average Bonchev–Trinajstić information content (AvgIpc) is 2.77. The molecule has 1 aromatic carbocycles. The van der Waals surface area contributed by atoms with Gasteiger partial charge in [0.1, 0.15) is 12.4 Å². The van der Waals surface area contributed by atoms with E-state index in [0.29, 0.717) is 5.41 Å². The Kier molecular flexibility index (Phi) is 4.43. The Balaban J connectivity index is 1.58. The molecular weight excluding hydrogens is 210 g/mol. The minimum absolute atomic E-state index is 0.534. The second kappa shape index (κ2) is 6.06. The zero-order valence-electron chi connectivity index (χ0n) is 10.7. The lowest BCUT2D eigenvalue weighted by Crippen LogP contribution is -2.32. The van der Waals surface area contributed by atoms with Gasteiger partial charge in [0, 0.05) is 13.1 Å². The third kappa shape index (κ3) is 4.04. The zero-order chi connectivity index (χ0) is 12.0. The zero-order valence-corrected chi connectivity index (χ0v) is 10.7. The summed E-state index contributed by atoms with van der Waals surface area (Å²) < 4.78 is 5.64. The first-order chi connectivity index (χ1) is 8.29. The molecule has 0 aromatic heterocycles. The van der Waals surface area contributed by atoms with Gasteiger partial charge in [-0.05, 0) is 30.4 Å². The molecule has 2 nitrogen and oxygen atoms in total. The Morgan fingerprint density at radius 1 is 1.18 bits per heavy atom. The van der Waals surface area contributed by atoms with Gasteiger partial charge in [0.2, 0.25) is 0 Å². The molecule has 0 bridgehead atoms. The van der Waals surface area contributed by atoms with Crippen LogP contribution in [0, 0.1) is 5.41 Å². The summed E-state index contributed by atoms with van der Waals surface area (Å²) in [5.41, 5.74) is 0.534. The number of ether oxygens (including phenoxy) is 1. The Hall–Kier alpha value is -1.02. The maximum Gasteiger partial charge on any atom is 0.119 e. The summed E-state index contributed by atoms with van der Waals surface area (Å²) in [6.07, 6.45) is 5.55. The maximum absolute atomic E-state index is 5.64. The lowest BCUT2D eigenvalue weighted by atomic mass is 9.89. The van der Waals surface area contributed by atoms with Gasteiger partial charge in [-0.25, -0.2) is 0 Å². The third-order valence-corrected chi connectivity index (χ3v) is 3.65. The summed E-state index contributed by atoms with van der Waals surface area (Å²) in [7, 11) is 0. The van der Waals surface area contributed by atoms with Crippen molar-refractivity contribution in [3.63, 3.8) is 0 Å². The molecule has 2 heteroatoms. The molecule has 1 aliphatic carbocycles. The van der Waals surface area contributed by atoms with Crippen molar-refractivity contribution >= 4 is 0 Å². The molecule has 1 aromatic rings. The third-order valence-electron chi connectivity index (χ3n) is 3.65. The van der Waals surface area contributed by atoms with Gasteiger partial charge in [-0.2, -0.15) is 0 Å². The molecule has 0 amide bonds. The van der Waals surface area contributed by atoms with Crippen LogP contribution in [-0.4, -0.2) is 19.7 Å². The first-order valence-corrected chi connectivity index (χ1v) is 6.67. The van der Waals surface area contributed by atoms with Gasteiger partial charge in [-0.1, -0.05) is 38.0 Å². The summed E-state index contributed by atoms with van der Waals surface area (Å²) in [6.45, 7) is 5.21. The van der Waals surface area contributed by atoms with Crippen LogP contribution in [0.5, 0.6) is 5.75 Å². The van der Waals surface area contributed by atoms with Crippen molar-refractivity contribution in [1.29, 1.82) is 0 Å². The molecule has 0 atom stereocenters. The molecule has 1 N–H and O–H groups in total. The van der Waals surface area contributed by atoms with E-state index in [-0.39, 0.29) is 0 Å². The monoisotopic (exact) mass is 233 g/mol. The molecule has 2 rings (SSSR count). The van der Waals surface area contributed by atoms with E-state index in [1.54, 1.807) is 0 Å². The van der Waals surface area contributed by atoms with Crippen molar-refractivity contribution in [3.8, 4) is 5.75 Å². The van der Waals surface area contributed by atoms with Crippen molar-refractivity contribution in [3.05, 3.63) is 30.3 Å². The quantitative estimate of drug-likeness (QED) is 0.762. The predicted molar refractivity (Wildman–Crippen MR) is 71.4 cm³/mol. The molecule has 0 saturated heterocycles. The van der Waals surface area contributed by atoms with E-state index in [0.717, 1.165) is 25.4 Å². The van der Waals surface area contributed by atoms with Crippen LogP contribution in [0.1, 0.15) is 32.6 Å². The van der Waals surface area contributed by atoms with Gasteiger partial charge in [0.25, 0.3) is 0 Å². The average molecular weight is 233 g/mol. The van der Waals surface area contributed by atoms with Gasteiger partial charge in [-0.3, -0.25) is 0 Å². The van der Waals surface area contributed by atoms with Gasteiger partial charge < -0.3 is 10.1 Å². The summed E-state index contributed by atoms with van der Waals surface area (Å²) in [6, 6.07) is 10.0. The van der Waals surface area contributed by atoms with Crippen molar-refractivity contribution in [2.45, 2.75) is 32.6 Å². The molecule has 1 saturated carbocycles. The summed E-state index contributed by atoms with van der Waals surface area (Å²) in [4.78, 5) is 0. The minimum atomic E-state index is 0.534. The fraction of sp³-hybridized carbons (Fsp3) is 0.600. The van der Waals surface area contributed by atoms with Crippen LogP contribution in [0.4, 0.5) is 0 Å². The molecule has 94 valence electrons. The highest BCUT2D eigenvalue weighted by Gasteiger charge is 2.27. The molecule has 0 radical (unpaired) electrons. The SMILES string of the molecule is CC1(CNCCOc2ccccc2)CCCC1. The maximum atomic E-state index is 5.64. The van der Waals surface area contributed by atoms with Crippen LogP contribution in [0.2, 0.25) is 0 Å². The molecule has 0 unspecified atom stereocenters. The Morgan fingerprint density at radius 3 is 2.59 bits per heavy atom. The van der Waals surface area contributed by atoms with Gasteiger partial charge in [0.05, 0.1) is 0 Å². The fourth-order valence-corrected chi connectivity index (χ4v) is 2.55. The largest absolute Gasteiger partial charge is 0.492 e. The lowest BCUT2D eigenvalue weighted by Gasteiger charge is -2.23. The molecule has 1 aliphatic rings. The van der Waals surface area contributed by atoms with Crippen molar-refractivity contribution < 1.29 is 4.74 Å². The lowest BCUT2D eigenvalue weighted by molar-refractivity contribution is 0.278. The normalized spacial score (nSPS) is 18.2. The highest BCUT2D eigenvalue weighted by atomic mass is 16.5. The molecule has 17 heavy (non-hydrogen) atoms. The summed E-state index contributed by atoms with van der Waals surface area (Å²) >= 11 is 0. The number of hydrogen-bond donors (Lipinski definition) is 1. The summed E-state index contributed by atoms with van der Waals surface area (Å²) in [5, 5.41) is 3.51. The molecule has 1 fully saturated rings. The van der Waals surface area contributed by atoms with Crippen molar-refractivity contribution in [2.24, 2.45) is 5.41 Å². The van der Waals surface area contributed by atoms with E-state index in [1.807, 2.05) is 30.3 Å². The number of nitrogens with one attached hydrogen (secondary N) is 1. The van der Waals surface area contributed by atoms with E-state index < -0.39 is 0 Å². The number of rotatable bonds is 6. The van der Waals surface area contributed by atoms with E-state index in [2.05, 4.69) is 12.2 Å². The smallest absolute Gasteiger partial charge is 0.119 e. The van der Waals surface area contributed by atoms with Crippen molar-refractivity contribution in [2.75, 3.05) is 19.7 Å². The molecule has 0 spiro atoms. The Bertz CT molecular complexity index is 317. The van der Waals surface area contributed by atoms with Crippen LogP contribution >= 0.6 is 0 Å². The number of para-hydroxylation sites is 1. The van der Waals surface area contributed by atoms with Crippen LogP contribution in [0.3, 0.4) is 0 Å². The van der Waals surface area contributed by atoms with E-state index in [1.165, 1.54) is 25.7 Å². The first-order valence-electron chi connectivity index (χ1n) is 6.67. The molecular formula is C15H23NO. The van der Waals surface area contributed by atoms with E-state index >= 15 is 0 Å². The van der Waals surface area contributed by atoms with Gasteiger partial charge >= 0.3 is 0 Å². The van der Waals surface area contributed by atoms with Crippen LogP contribution in [0.15, 0.2) is 30.3 Å². The predicted octanol–water partition coefficient (Wildman–Crippen LogP) is 3.24. The van der Waals surface area contributed by atoms with E-state index in [4.69, 9.17) is 4.74 Å². The van der Waals surface area contributed by atoms with Crippen LogP contribution in [-0.2, 0) is 0 Å². The Labute approximate surface area is 104 Å². The number of benzene rings is 1. The highest BCUT2D eigenvalue weighted by Crippen LogP contribution is 2.36. The Morgan fingerprint density at radius 2 is 1.88 bits per heavy atom. The minimum Gasteiger partial charge on any atom is -0.492 e. The second-order valence-electron chi connectivity index (χ2n) is 5.36. The standard InChI is InChI=1S/C15H23NO/c1-15(9-5-6-10-15)13-16-11-12-17-14-7-3-2-4-8-14/h2-4,7-8,16H,5-6,9-13H2,1H3. The van der Waals surface area contributed by atoms with Crippen LogP contribution in [0.25, 0.3) is 0 Å². The fourth-order valence-electron chi connectivity index (χ4n) is 2.55. The molecule has 0 heterocycles. The molecule has 0 aliphatic heterocycles. The van der Waals surface area contributed by atoms with Gasteiger partial charge in [0.15, 0.2) is 0 Å². The highest BCUT2D eigenvalue weighted by molar-refractivity contribution is 5.20. The second-order valence-corrected chi connectivity index (χ2v) is 5.36.